The largest absolute Gasteiger partial charge is 0.497 e. The molecule has 0 aliphatic heterocycles. The summed E-state index contributed by atoms with van der Waals surface area (Å²) in [6.45, 7) is 9.08. The van der Waals surface area contributed by atoms with Crippen LogP contribution in [0.4, 0.5) is 0 Å². The molecule has 0 heterocycles. The van der Waals surface area contributed by atoms with Gasteiger partial charge in [0.05, 0.1) is 6.26 Å². The smallest absolute Gasteiger partial charge is 0.174 e. The monoisotopic (exact) mass is 250 g/mol. The van der Waals surface area contributed by atoms with Crippen LogP contribution >= 0.6 is 0 Å². The lowest BCUT2D eigenvalue weighted by Gasteiger charge is -2.22. The zero-order valence-electron chi connectivity index (χ0n) is 9.82. The third-order valence-corrected chi connectivity index (χ3v) is 3.28. The molecule has 0 saturated carbocycles. The molecule has 0 radical (unpaired) electrons. The minimum absolute atomic E-state index is 0.147. The Morgan fingerprint density at radius 2 is 1.64 bits per heavy atom. The topological polar surface area (TPSA) is 27.7 Å². The molecule has 0 saturated heterocycles. The van der Waals surface area contributed by atoms with E-state index < -0.39 is 18.1 Å². The predicted octanol–water partition coefficient (Wildman–Crippen LogP) is 0.166. The molecule has 0 aromatic heterocycles. The van der Waals surface area contributed by atoms with Crippen LogP contribution in [-0.4, -0.2) is 41.2 Å². The fraction of sp³-hybridized carbons (Fsp3) is 0.750. The third kappa shape index (κ3) is 8.70. The Kier molecular flexibility index (Phi) is 8.49. The maximum atomic E-state index is 5.71. The van der Waals surface area contributed by atoms with E-state index in [2.05, 4.69) is 26.2 Å². The van der Waals surface area contributed by atoms with Crippen molar-refractivity contribution in [3.8, 4) is 0 Å². The Bertz CT molecular complexity index is 152. The van der Waals surface area contributed by atoms with E-state index in [1.165, 1.54) is 0 Å². The molecule has 0 unspecified atom stereocenters. The van der Waals surface area contributed by atoms with E-state index in [-0.39, 0.29) is 6.29 Å². The molecular formula is C8H22O3Si3. The molecule has 0 fully saturated rings. The van der Waals surface area contributed by atoms with E-state index in [4.69, 9.17) is 13.6 Å². The molecule has 0 aliphatic carbocycles. The Morgan fingerprint density at radius 1 is 1.14 bits per heavy atom. The van der Waals surface area contributed by atoms with E-state index in [0.29, 0.717) is 6.61 Å². The second-order valence-corrected chi connectivity index (χ2v) is 9.01. The first-order chi connectivity index (χ1) is 6.56. The second-order valence-electron chi connectivity index (χ2n) is 3.60. The molecule has 0 rings (SSSR count). The minimum atomic E-state index is -1.04. The van der Waals surface area contributed by atoms with Gasteiger partial charge in [-0.25, -0.2) is 0 Å². The van der Waals surface area contributed by atoms with E-state index >= 15 is 0 Å². The standard InChI is InChI=1S/C8H22O3Si3/c1-13(2)10-8(11-14(3)4)7-9-5-6-12/h5-6,8,13-14H,7H2,1-4,12H3. The van der Waals surface area contributed by atoms with Crippen LogP contribution in [0.5, 0.6) is 0 Å². The zero-order chi connectivity index (χ0) is 11.0. The predicted molar refractivity (Wildman–Crippen MR) is 68.7 cm³/mol. The second kappa shape index (κ2) is 8.42. The Balaban J connectivity index is 3.84. The summed E-state index contributed by atoms with van der Waals surface area (Å²) in [5.74, 6) is 0. The van der Waals surface area contributed by atoms with Crippen LogP contribution in [-0.2, 0) is 13.6 Å². The lowest BCUT2D eigenvalue weighted by Crippen LogP contribution is -2.31. The molecule has 0 atom stereocenters. The SMILES string of the molecule is C[SiH](C)OC(COC=C[SiH3])O[SiH](C)C. The number of hydrogen-bond acceptors (Lipinski definition) is 3. The normalized spacial score (nSPS) is 12.5. The van der Waals surface area contributed by atoms with Gasteiger partial charge < -0.3 is 13.6 Å². The Hall–Kier alpha value is 0.111. The molecule has 0 bridgehead atoms. The van der Waals surface area contributed by atoms with Crippen LogP contribution in [0, 0.1) is 0 Å². The summed E-state index contributed by atoms with van der Waals surface area (Å²) in [5.41, 5.74) is 2.00. The van der Waals surface area contributed by atoms with Gasteiger partial charge in [-0.2, -0.15) is 0 Å². The Morgan fingerprint density at radius 3 is 2.00 bits per heavy atom. The number of rotatable bonds is 7. The van der Waals surface area contributed by atoms with Crippen molar-refractivity contribution in [3.05, 3.63) is 12.0 Å². The molecule has 0 amide bonds. The van der Waals surface area contributed by atoms with Gasteiger partial charge in [0.15, 0.2) is 24.4 Å². The highest BCUT2D eigenvalue weighted by atomic mass is 28.3. The molecule has 0 aromatic rings. The fourth-order valence-corrected chi connectivity index (χ4v) is 2.77. The summed E-state index contributed by atoms with van der Waals surface area (Å²) >= 11 is 0. The molecule has 0 N–H and O–H groups in total. The summed E-state index contributed by atoms with van der Waals surface area (Å²) in [7, 11) is -1.05. The molecule has 0 aromatic carbocycles. The van der Waals surface area contributed by atoms with Gasteiger partial charge in [-0.15, -0.1) is 0 Å². The summed E-state index contributed by atoms with van der Waals surface area (Å²) in [6, 6.07) is 0. The van der Waals surface area contributed by atoms with Crippen LogP contribution in [0.25, 0.3) is 0 Å². The molecular weight excluding hydrogens is 228 g/mol. The van der Waals surface area contributed by atoms with Crippen molar-refractivity contribution in [2.75, 3.05) is 6.61 Å². The van der Waals surface area contributed by atoms with E-state index in [1.54, 1.807) is 6.26 Å². The fourth-order valence-electron chi connectivity index (χ4n) is 0.948. The highest BCUT2D eigenvalue weighted by Gasteiger charge is 2.13. The Labute approximate surface area is 93.3 Å². The van der Waals surface area contributed by atoms with Gasteiger partial charge in [0.2, 0.25) is 0 Å². The van der Waals surface area contributed by atoms with Crippen molar-refractivity contribution < 1.29 is 13.6 Å². The van der Waals surface area contributed by atoms with Crippen LogP contribution in [0.15, 0.2) is 12.0 Å². The van der Waals surface area contributed by atoms with Crippen molar-refractivity contribution in [2.45, 2.75) is 32.5 Å². The first-order valence-corrected chi connectivity index (χ1v) is 11.8. The van der Waals surface area contributed by atoms with E-state index in [0.717, 1.165) is 10.2 Å². The summed E-state index contributed by atoms with van der Waals surface area (Å²) in [4.78, 5) is 0. The van der Waals surface area contributed by atoms with Gasteiger partial charge >= 0.3 is 0 Å². The highest BCUT2D eigenvalue weighted by Crippen LogP contribution is 2.02. The maximum Gasteiger partial charge on any atom is 0.174 e. The lowest BCUT2D eigenvalue weighted by atomic mass is 10.7. The van der Waals surface area contributed by atoms with Crippen LogP contribution in [0.1, 0.15) is 0 Å². The summed E-state index contributed by atoms with van der Waals surface area (Å²) in [5, 5.41) is 0. The summed E-state index contributed by atoms with van der Waals surface area (Å²) < 4.78 is 16.7. The van der Waals surface area contributed by atoms with Gasteiger partial charge in [0.25, 0.3) is 0 Å². The molecule has 3 nitrogen and oxygen atoms in total. The first-order valence-electron chi connectivity index (χ1n) is 5.10. The van der Waals surface area contributed by atoms with Crippen molar-refractivity contribution in [2.24, 2.45) is 0 Å². The van der Waals surface area contributed by atoms with Gasteiger partial charge in [-0.05, 0) is 26.2 Å². The lowest BCUT2D eigenvalue weighted by molar-refractivity contribution is -0.0422. The van der Waals surface area contributed by atoms with E-state index in [9.17, 15) is 0 Å². The average Bonchev–Trinajstić information content (AvgIpc) is 2.02. The zero-order valence-corrected chi connectivity index (χ0v) is 14.1. The average molecular weight is 251 g/mol. The quantitative estimate of drug-likeness (QED) is 0.366. The minimum Gasteiger partial charge on any atom is -0.497 e. The van der Waals surface area contributed by atoms with Crippen molar-refractivity contribution >= 4 is 28.3 Å². The van der Waals surface area contributed by atoms with E-state index in [1.807, 2.05) is 5.70 Å². The van der Waals surface area contributed by atoms with Gasteiger partial charge in [0, 0.05) is 10.2 Å². The molecule has 6 heteroatoms. The molecule has 84 valence electrons. The third-order valence-electron chi connectivity index (χ3n) is 1.31. The molecule has 14 heavy (non-hydrogen) atoms. The number of ether oxygens (including phenoxy) is 1. The van der Waals surface area contributed by atoms with Crippen LogP contribution in [0.2, 0.25) is 26.2 Å². The molecule has 0 aliphatic rings. The van der Waals surface area contributed by atoms with Gasteiger partial charge in [-0.3, -0.25) is 0 Å². The maximum absolute atomic E-state index is 5.71. The van der Waals surface area contributed by atoms with Crippen molar-refractivity contribution in [3.63, 3.8) is 0 Å². The van der Waals surface area contributed by atoms with Crippen molar-refractivity contribution in [1.29, 1.82) is 0 Å². The van der Waals surface area contributed by atoms with Gasteiger partial charge in [0.1, 0.15) is 6.61 Å². The highest BCUT2D eigenvalue weighted by molar-refractivity contribution is 6.49. The van der Waals surface area contributed by atoms with Crippen LogP contribution in [0.3, 0.4) is 0 Å². The number of hydrogen-bond donors (Lipinski definition) is 0. The summed E-state index contributed by atoms with van der Waals surface area (Å²) in [6.07, 6.45) is 1.58. The van der Waals surface area contributed by atoms with Crippen LogP contribution < -0.4 is 0 Å². The first kappa shape index (κ1) is 14.1. The van der Waals surface area contributed by atoms with Gasteiger partial charge in [-0.1, -0.05) is 5.70 Å². The van der Waals surface area contributed by atoms with Crippen molar-refractivity contribution in [1.82, 2.24) is 0 Å². The molecule has 0 spiro atoms.